The van der Waals surface area contributed by atoms with Gasteiger partial charge < -0.3 is 16.2 Å². The summed E-state index contributed by atoms with van der Waals surface area (Å²) < 4.78 is 0. The Hall–Kier alpha value is -1.88. The molecule has 1 amide bonds. The summed E-state index contributed by atoms with van der Waals surface area (Å²) in [6, 6.07) is 5.87. The average molecular weight is 264 g/mol. The molecular weight excluding hydrogens is 244 g/mol. The molecule has 5 heteroatoms. The van der Waals surface area contributed by atoms with Crippen molar-refractivity contribution in [1.82, 2.24) is 5.32 Å². The third-order valence-electron chi connectivity index (χ3n) is 3.23. The highest BCUT2D eigenvalue weighted by atomic mass is 16.4. The molecule has 0 aliphatic carbocycles. The van der Waals surface area contributed by atoms with Crippen molar-refractivity contribution in [2.24, 2.45) is 11.7 Å². The van der Waals surface area contributed by atoms with Crippen LogP contribution in [0.4, 0.5) is 0 Å². The smallest absolute Gasteiger partial charge is 0.335 e. The fourth-order valence-corrected chi connectivity index (χ4v) is 1.58. The zero-order valence-corrected chi connectivity index (χ0v) is 11.2. The largest absolute Gasteiger partial charge is 0.478 e. The average Bonchev–Trinajstić information content (AvgIpc) is 2.43. The van der Waals surface area contributed by atoms with E-state index in [2.05, 4.69) is 5.32 Å². The maximum atomic E-state index is 11.8. The van der Waals surface area contributed by atoms with Crippen LogP contribution in [0.3, 0.4) is 0 Å². The van der Waals surface area contributed by atoms with Gasteiger partial charge in [0.15, 0.2) is 0 Å². The minimum atomic E-state index is -0.964. The lowest BCUT2D eigenvalue weighted by atomic mass is 9.99. The number of aromatic carboxylic acids is 1. The Morgan fingerprint density at radius 2 is 1.89 bits per heavy atom. The van der Waals surface area contributed by atoms with Crippen molar-refractivity contribution in [1.29, 1.82) is 0 Å². The van der Waals surface area contributed by atoms with Crippen LogP contribution in [0.15, 0.2) is 24.3 Å². The number of carboxylic acids is 1. The summed E-state index contributed by atoms with van der Waals surface area (Å²) in [4.78, 5) is 22.5. The molecule has 2 unspecified atom stereocenters. The fraction of sp³-hybridized carbons (Fsp3) is 0.429. The normalized spacial score (nSPS) is 13.6. The van der Waals surface area contributed by atoms with E-state index in [1.807, 2.05) is 13.8 Å². The molecule has 5 nitrogen and oxygen atoms in total. The predicted octanol–water partition coefficient (Wildman–Crippen LogP) is 1.37. The highest BCUT2D eigenvalue weighted by Gasteiger charge is 2.18. The monoisotopic (exact) mass is 264 g/mol. The van der Waals surface area contributed by atoms with Crippen LogP contribution in [0, 0.1) is 5.92 Å². The number of carbonyl (C=O) groups is 2. The summed E-state index contributed by atoms with van der Waals surface area (Å²) in [5.41, 5.74) is 6.88. The summed E-state index contributed by atoms with van der Waals surface area (Å²) >= 11 is 0. The SMILES string of the molecule is CCC(C)C(N)C(=O)NCc1ccc(C(=O)O)cc1. The van der Waals surface area contributed by atoms with Gasteiger partial charge in [0, 0.05) is 6.54 Å². The van der Waals surface area contributed by atoms with E-state index in [1.165, 1.54) is 12.1 Å². The first-order chi connectivity index (χ1) is 8.95. The van der Waals surface area contributed by atoms with E-state index in [0.29, 0.717) is 6.54 Å². The quantitative estimate of drug-likeness (QED) is 0.723. The number of nitrogens with two attached hydrogens (primary N) is 1. The number of hydrogen-bond acceptors (Lipinski definition) is 3. The molecule has 2 atom stereocenters. The maximum absolute atomic E-state index is 11.8. The first-order valence-electron chi connectivity index (χ1n) is 6.31. The number of amides is 1. The van der Waals surface area contributed by atoms with Gasteiger partial charge in [0.25, 0.3) is 0 Å². The van der Waals surface area contributed by atoms with E-state index in [4.69, 9.17) is 10.8 Å². The Labute approximate surface area is 112 Å². The van der Waals surface area contributed by atoms with E-state index >= 15 is 0 Å². The molecule has 0 aromatic heterocycles. The van der Waals surface area contributed by atoms with Crippen LogP contribution in [0.5, 0.6) is 0 Å². The van der Waals surface area contributed by atoms with Gasteiger partial charge in [0.2, 0.25) is 5.91 Å². The predicted molar refractivity (Wildman–Crippen MR) is 72.7 cm³/mol. The second-order valence-electron chi connectivity index (χ2n) is 4.63. The Morgan fingerprint density at radius 1 is 1.32 bits per heavy atom. The zero-order chi connectivity index (χ0) is 14.4. The fourth-order valence-electron chi connectivity index (χ4n) is 1.58. The lowest BCUT2D eigenvalue weighted by Crippen LogP contribution is -2.44. The summed E-state index contributed by atoms with van der Waals surface area (Å²) in [6.45, 7) is 4.27. The van der Waals surface area contributed by atoms with Crippen LogP contribution in [0.25, 0.3) is 0 Å². The molecule has 0 bridgehead atoms. The van der Waals surface area contributed by atoms with Crippen molar-refractivity contribution in [3.63, 3.8) is 0 Å². The minimum absolute atomic E-state index is 0.134. The molecule has 0 saturated carbocycles. The van der Waals surface area contributed by atoms with E-state index in [9.17, 15) is 9.59 Å². The van der Waals surface area contributed by atoms with E-state index < -0.39 is 12.0 Å². The van der Waals surface area contributed by atoms with Gasteiger partial charge in [-0.25, -0.2) is 4.79 Å². The Balaban J connectivity index is 2.52. The molecule has 1 rings (SSSR count). The van der Waals surface area contributed by atoms with Crippen LogP contribution in [-0.2, 0) is 11.3 Å². The van der Waals surface area contributed by atoms with Gasteiger partial charge in [-0.15, -0.1) is 0 Å². The number of hydrogen-bond donors (Lipinski definition) is 3. The number of carbonyl (C=O) groups excluding carboxylic acids is 1. The second kappa shape index (κ2) is 6.89. The van der Waals surface area contributed by atoms with Crippen LogP contribution in [0.2, 0.25) is 0 Å². The molecule has 0 heterocycles. The topological polar surface area (TPSA) is 92.4 Å². The first kappa shape index (κ1) is 15.2. The van der Waals surface area contributed by atoms with Crippen LogP contribution in [-0.4, -0.2) is 23.0 Å². The minimum Gasteiger partial charge on any atom is -0.478 e. The maximum Gasteiger partial charge on any atom is 0.335 e. The molecule has 0 radical (unpaired) electrons. The van der Waals surface area contributed by atoms with Gasteiger partial charge in [0.1, 0.15) is 0 Å². The van der Waals surface area contributed by atoms with Crippen molar-refractivity contribution >= 4 is 11.9 Å². The second-order valence-corrected chi connectivity index (χ2v) is 4.63. The molecule has 0 saturated heterocycles. The Morgan fingerprint density at radius 3 is 2.37 bits per heavy atom. The number of rotatable bonds is 6. The molecule has 104 valence electrons. The summed E-state index contributed by atoms with van der Waals surface area (Å²) in [6.07, 6.45) is 0.849. The Bertz CT molecular complexity index is 443. The van der Waals surface area contributed by atoms with Gasteiger partial charge in [-0.1, -0.05) is 32.4 Å². The van der Waals surface area contributed by atoms with Crippen LogP contribution < -0.4 is 11.1 Å². The van der Waals surface area contributed by atoms with E-state index in [0.717, 1.165) is 12.0 Å². The van der Waals surface area contributed by atoms with Crippen LogP contribution >= 0.6 is 0 Å². The lowest BCUT2D eigenvalue weighted by Gasteiger charge is -2.17. The number of carboxylic acid groups (broad SMARTS) is 1. The van der Waals surface area contributed by atoms with Gasteiger partial charge in [-0.2, -0.15) is 0 Å². The standard InChI is InChI=1S/C14H20N2O3/c1-3-9(2)12(15)13(17)16-8-10-4-6-11(7-5-10)14(18)19/h4-7,9,12H,3,8,15H2,1-2H3,(H,16,17)(H,18,19). The number of nitrogens with one attached hydrogen (secondary N) is 1. The molecule has 1 aromatic rings. The van der Waals surface area contributed by atoms with Gasteiger partial charge in [0.05, 0.1) is 11.6 Å². The van der Waals surface area contributed by atoms with Gasteiger partial charge >= 0.3 is 5.97 Å². The molecule has 0 aliphatic heterocycles. The third kappa shape index (κ3) is 4.37. The Kier molecular flexibility index (Phi) is 5.51. The van der Waals surface area contributed by atoms with Crippen molar-refractivity contribution in [2.45, 2.75) is 32.9 Å². The van der Waals surface area contributed by atoms with Gasteiger partial charge in [-0.05, 0) is 23.6 Å². The van der Waals surface area contributed by atoms with Crippen molar-refractivity contribution < 1.29 is 14.7 Å². The number of benzene rings is 1. The van der Waals surface area contributed by atoms with E-state index in [-0.39, 0.29) is 17.4 Å². The van der Waals surface area contributed by atoms with Crippen molar-refractivity contribution in [3.8, 4) is 0 Å². The molecule has 0 spiro atoms. The summed E-state index contributed by atoms with van der Waals surface area (Å²) in [5, 5.41) is 11.5. The molecule has 4 N–H and O–H groups in total. The molecular formula is C14H20N2O3. The van der Waals surface area contributed by atoms with Crippen molar-refractivity contribution in [3.05, 3.63) is 35.4 Å². The first-order valence-corrected chi connectivity index (χ1v) is 6.31. The molecule has 1 aromatic carbocycles. The molecule has 0 fully saturated rings. The van der Waals surface area contributed by atoms with Crippen molar-refractivity contribution in [2.75, 3.05) is 0 Å². The lowest BCUT2D eigenvalue weighted by molar-refractivity contribution is -0.123. The summed E-state index contributed by atoms with van der Waals surface area (Å²) in [7, 11) is 0. The van der Waals surface area contributed by atoms with E-state index in [1.54, 1.807) is 12.1 Å². The molecule has 0 aliphatic rings. The van der Waals surface area contributed by atoms with Crippen LogP contribution in [0.1, 0.15) is 36.2 Å². The zero-order valence-electron chi connectivity index (χ0n) is 11.2. The highest BCUT2D eigenvalue weighted by Crippen LogP contribution is 2.07. The molecule has 19 heavy (non-hydrogen) atoms. The third-order valence-corrected chi connectivity index (χ3v) is 3.23. The highest BCUT2D eigenvalue weighted by molar-refractivity contribution is 5.87. The van der Waals surface area contributed by atoms with Gasteiger partial charge in [-0.3, -0.25) is 4.79 Å². The summed E-state index contributed by atoms with van der Waals surface area (Å²) in [5.74, 6) is -1.01.